The second kappa shape index (κ2) is 5.63. The van der Waals surface area contributed by atoms with E-state index in [4.69, 9.17) is 5.73 Å². The number of nitrogens with zero attached hydrogens (tertiary/aromatic N) is 1. The maximum Gasteiger partial charge on any atom is 0.251 e. The lowest BCUT2D eigenvalue weighted by molar-refractivity contribution is -0.112. The summed E-state index contributed by atoms with van der Waals surface area (Å²) in [5.41, 5.74) is 8.60. The summed E-state index contributed by atoms with van der Waals surface area (Å²) in [5.74, 6) is -0.136. The maximum atomic E-state index is 12.3. The minimum absolute atomic E-state index is 0.136. The molecule has 0 aliphatic heterocycles. The van der Waals surface area contributed by atoms with Crippen LogP contribution in [0.5, 0.6) is 0 Å². The number of amides is 1. The molecule has 1 amide bonds. The van der Waals surface area contributed by atoms with Gasteiger partial charge in [-0.3, -0.25) is 9.78 Å². The third kappa shape index (κ3) is 3.00. The van der Waals surface area contributed by atoms with Crippen molar-refractivity contribution in [1.82, 2.24) is 4.98 Å². The fraction of sp³-hybridized carbons (Fsp3) is 0.0588. The van der Waals surface area contributed by atoms with Crippen LogP contribution in [0.4, 0.5) is 5.69 Å². The van der Waals surface area contributed by atoms with Crippen molar-refractivity contribution in [2.45, 2.75) is 6.42 Å². The SMILES string of the molecule is NC1=CC=C(C(=O)Nc2cnc3ccccc3c2)CC=C1. The molecule has 4 nitrogen and oxygen atoms in total. The van der Waals surface area contributed by atoms with Gasteiger partial charge in [-0.2, -0.15) is 0 Å². The molecule has 104 valence electrons. The zero-order valence-corrected chi connectivity index (χ0v) is 11.4. The van der Waals surface area contributed by atoms with E-state index in [0.29, 0.717) is 23.4 Å². The van der Waals surface area contributed by atoms with Gasteiger partial charge in [-0.05, 0) is 30.7 Å². The molecule has 0 radical (unpaired) electrons. The number of nitrogens with two attached hydrogens (primary N) is 1. The second-order valence-electron chi connectivity index (χ2n) is 4.84. The monoisotopic (exact) mass is 277 g/mol. The number of para-hydroxylation sites is 1. The molecule has 4 heteroatoms. The highest BCUT2D eigenvalue weighted by Gasteiger charge is 2.09. The molecule has 21 heavy (non-hydrogen) atoms. The summed E-state index contributed by atoms with van der Waals surface area (Å²) >= 11 is 0. The molecule has 0 saturated carbocycles. The number of benzene rings is 1. The number of aromatic nitrogens is 1. The van der Waals surface area contributed by atoms with Crippen LogP contribution < -0.4 is 11.1 Å². The molecule has 0 fully saturated rings. The Hall–Kier alpha value is -2.88. The predicted molar refractivity (Wildman–Crippen MR) is 84.5 cm³/mol. The van der Waals surface area contributed by atoms with Crippen molar-refractivity contribution >= 4 is 22.5 Å². The van der Waals surface area contributed by atoms with Gasteiger partial charge in [0.25, 0.3) is 5.91 Å². The normalized spacial score (nSPS) is 14.3. The summed E-state index contributed by atoms with van der Waals surface area (Å²) in [6.45, 7) is 0. The van der Waals surface area contributed by atoms with E-state index >= 15 is 0 Å². The third-order valence-corrected chi connectivity index (χ3v) is 3.27. The van der Waals surface area contributed by atoms with Gasteiger partial charge in [-0.25, -0.2) is 0 Å². The van der Waals surface area contributed by atoms with Crippen LogP contribution in [-0.4, -0.2) is 10.9 Å². The average molecular weight is 277 g/mol. The minimum atomic E-state index is -0.136. The predicted octanol–water partition coefficient (Wildman–Crippen LogP) is 2.90. The molecule has 1 heterocycles. The Bertz CT molecular complexity index is 787. The molecule has 0 bridgehead atoms. The van der Waals surface area contributed by atoms with Crippen LogP contribution in [0, 0.1) is 0 Å². The molecule has 1 aromatic carbocycles. The van der Waals surface area contributed by atoms with E-state index in [1.54, 1.807) is 24.4 Å². The van der Waals surface area contributed by atoms with Crippen LogP contribution in [0.2, 0.25) is 0 Å². The molecule has 3 rings (SSSR count). The van der Waals surface area contributed by atoms with Crippen molar-refractivity contribution in [2.24, 2.45) is 5.73 Å². The van der Waals surface area contributed by atoms with E-state index in [2.05, 4.69) is 10.3 Å². The summed E-state index contributed by atoms with van der Waals surface area (Å²) < 4.78 is 0. The number of hydrogen-bond donors (Lipinski definition) is 2. The molecule has 3 N–H and O–H groups in total. The van der Waals surface area contributed by atoms with Gasteiger partial charge in [0, 0.05) is 16.7 Å². The molecule has 0 atom stereocenters. The average Bonchev–Trinajstić information content (AvgIpc) is 2.72. The first-order valence-corrected chi connectivity index (χ1v) is 6.71. The van der Waals surface area contributed by atoms with Crippen LogP contribution >= 0.6 is 0 Å². The second-order valence-corrected chi connectivity index (χ2v) is 4.84. The highest BCUT2D eigenvalue weighted by atomic mass is 16.1. The van der Waals surface area contributed by atoms with Crippen LogP contribution in [0.15, 0.2) is 72.1 Å². The molecule has 1 aliphatic carbocycles. The highest BCUT2D eigenvalue weighted by molar-refractivity contribution is 6.04. The van der Waals surface area contributed by atoms with Gasteiger partial charge < -0.3 is 11.1 Å². The number of rotatable bonds is 2. The Morgan fingerprint density at radius 1 is 1.24 bits per heavy atom. The maximum absolute atomic E-state index is 12.3. The van der Waals surface area contributed by atoms with Crippen LogP contribution in [0.25, 0.3) is 10.9 Å². The molecular formula is C17H15N3O. The molecule has 0 unspecified atom stereocenters. The first-order chi connectivity index (χ1) is 10.2. The quantitative estimate of drug-likeness (QED) is 0.886. The van der Waals surface area contributed by atoms with Crippen molar-refractivity contribution < 1.29 is 4.79 Å². The summed E-state index contributed by atoms with van der Waals surface area (Å²) in [5, 5.41) is 3.87. The third-order valence-electron chi connectivity index (χ3n) is 3.27. The van der Waals surface area contributed by atoms with E-state index < -0.39 is 0 Å². The van der Waals surface area contributed by atoms with E-state index in [-0.39, 0.29) is 5.91 Å². The Kier molecular flexibility index (Phi) is 3.51. The molecule has 0 spiro atoms. The Labute approximate surface area is 122 Å². The largest absolute Gasteiger partial charge is 0.399 e. The Morgan fingerprint density at radius 2 is 2.10 bits per heavy atom. The standard InChI is InChI=1S/C17H15N3O/c18-14-6-3-5-12(8-9-14)17(21)20-15-10-13-4-1-2-7-16(13)19-11-15/h1-4,6-11H,5,18H2,(H,20,21). The first-order valence-electron chi connectivity index (χ1n) is 6.71. The van der Waals surface area contributed by atoms with Gasteiger partial charge in [0.05, 0.1) is 17.4 Å². The van der Waals surface area contributed by atoms with Crippen molar-refractivity contribution in [1.29, 1.82) is 0 Å². The van der Waals surface area contributed by atoms with Crippen molar-refractivity contribution in [3.05, 3.63) is 72.1 Å². The number of carbonyl (C=O) groups is 1. The zero-order chi connectivity index (χ0) is 14.7. The fourth-order valence-corrected chi connectivity index (χ4v) is 2.16. The summed E-state index contributed by atoms with van der Waals surface area (Å²) in [6, 6.07) is 9.70. The number of anilines is 1. The van der Waals surface area contributed by atoms with Crippen LogP contribution in [0.3, 0.4) is 0 Å². The lowest BCUT2D eigenvalue weighted by Crippen LogP contribution is -2.14. The van der Waals surface area contributed by atoms with Gasteiger partial charge in [0.15, 0.2) is 0 Å². The Morgan fingerprint density at radius 3 is 3.00 bits per heavy atom. The van der Waals surface area contributed by atoms with Crippen molar-refractivity contribution in [3.63, 3.8) is 0 Å². The lowest BCUT2D eigenvalue weighted by Gasteiger charge is -2.07. The first kappa shape index (κ1) is 13.1. The molecule has 1 aromatic heterocycles. The van der Waals surface area contributed by atoms with Crippen LogP contribution in [0.1, 0.15) is 6.42 Å². The lowest BCUT2D eigenvalue weighted by atomic mass is 10.1. The summed E-state index contributed by atoms with van der Waals surface area (Å²) in [6.07, 6.45) is 9.38. The van der Waals surface area contributed by atoms with Gasteiger partial charge in [0.2, 0.25) is 0 Å². The highest BCUT2D eigenvalue weighted by Crippen LogP contribution is 2.18. The minimum Gasteiger partial charge on any atom is -0.399 e. The van der Waals surface area contributed by atoms with E-state index in [9.17, 15) is 4.79 Å². The molecular weight excluding hydrogens is 262 g/mol. The van der Waals surface area contributed by atoms with Crippen molar-refractivity contribution in [2.75, 3.05) is 5.32 Å². The number of fused-ring (bicyclic) bond motifs is 1. The smallest absolute Gasteiger partial charge is 0.251 e. The summed E-state index contributed by atoms with van der Waals surface area (Å²) in [7, 11) is 0. The van der Waals surface area contributed by atoms with Crippen LogP contribution in [-0.2, 0) is 4.79 Å². The molecule has 1 aliphatic rings. The van der Waals surface area contributed by atoms with Crippen molar-refractivity contribution in [3.8, 4) is 0 Å². The number of pyridine rings is 1. The molecule has 2 aromatic rings. The molecule has 0 saturated heterocycles. The van der Waals surface area contributed by atoms with Gasteiger partial charge in [-0.15, -0.1) is 0 Å². The van der Waals surface area contributed by atoms with E-state index in [1.807, 2.05) is 36.4 Å². The van der Waals surface area contributed by atoms with Gasteiger partial charge in [0.1, 0.15) is 0 Å². The van der Waals surface area contributed by atoms with E-state index in [0.717, 1.165) is 10.9 Å². The zero-order valence-electron chi connectivity index (χ0n) is 11.4. The number of hydrogen-bond acceptors (Lipinski definition) is 3. The Balaban J connectivity index is 1.81. The van der Waals surface area contributed by atoms with Gasteiger partial charge >= 0.3 is 0 Å². The number of allylic oxidation sites excluding steroid dienone is 4. The number of carbonyl (C=O) groups excluding carboxylic acids is 1. The summed E-state index contributed by atoms with van der Waals surface area (Å²) in [4.78, 5) is 16.6. The number of nitrogens with one attached hydrogen (secondary N) is 1. The van der Waals surface area contributed by atoms with Gasteiger partial charge in [-0.1, -0.05) is 30.4 Å². The topological polar surface area (TPSA) is 68.0 Å². The van der Waals surface area contributed by atoms with E-state index in [1.165, 1.54) is 0 Å². The fourth-order valence-electron chi connectivity index (χ4n) is 2.16.